The van der Waals surface area contributed by atoms with Crippen LogP contribution in [-0.2, 0) is 0 Å². The van der Waals surface area contributed by atoms with E-state index in [4.69, 9.17) is 9.40 Å². The summed E-state index contributed by atoms with van der Waals surface area (Å²) in [5.74, 6) is 0.594. The second-order valence-electron chi connectivity index (χ2n) is 13.9. The molecule has 4 heteroatoms. The summed E-state index contributed by atoms with van der Waals surface area (Å²) >= 11 is 0. The Labute approximate surface area is 317 Å². The first-order valence-electron chi connectivity index (χ1n) is 18.6. The predicted octanol–water partition coefficient (Wildman–Crippen LogP) is 14.0. The molecular formula is C51H33N3O. The first-order valence-corrected chi connectivity index (χ1v) is 18.6. The molecular weight excluding hydrogens is 671 g/mol. The minimum Gasteiger partial charge on any atom is -0.434 e. The molecule has 0 unspecified atom stereocenters. The highest BCUT2D eigenvalue weighted by Gasteiger charge is 2.25. The lowest BCUT2D eigenvalue weighted by atomic mass is 9.97. The fourth-order valence-corrected chi connectivity index (χ4v) is 8.36. The molecule has 4 nitrogen and oxygen atoms in total. The molecule has 0 bridgehead atoms. The third kappa shape index (κ3) is 5.03. The number of fused-ring (bicyclic) bond motifs is 7. The van der Waals surface area contributed by atoms with Crippen molar-refractivity contribution in [3.63, 3.8) is 0 Å². The van der Waals surface area contributed by atoms with Gasteiger partial charge in [-0.3, -0.25) is 0 Å². The molecule has 0 radical (unpaired) electrons. The van der Waals surface area contributed by atoms with Crippen LogP contribution in [-0.4, -0.2) is 9.55 Å². The summed E-state index contributed by atoms with van der Waals surface area (Å²) in [6.45, 7) is 0. The Morgan fingerprint density at radius 1 is 0.455 bits per heavy atom. The van der Waals surface area contributed by atoms with Crippen LogP contribution in [0.1, 0.15) is 0 Å². The van der Waals surface area contributed by atoms with Crippen molar-refractivity contribution in [3.05, 3.63) is 200 Å². The third-order valence-electron chi connectivity index (χ3n) is 10.8. The van der Waals surface area contributed by atoms with E-state index in [1.54, 1.807) is 0 Å². The van der Waals surface area contributed by atoms with Crippen LogP contribution in [0.5, 0.6) is 0 Å². The number of oxazole rings is 1. The Kier molecular flexibility index (Phi) is 7.14. The van der Waals surface area contributed by atoms with E-state index in [0.717, 1.165) is 55.9 Å². The van der Waals surface area contributed by atoms with E-state index in [0.29, 0.717) is 5.89 Å². The molecule has 0 saturated carbocycles. The van der Waals surface area contributed by atoms with Gasteiger partial charge in [0, 0.05) is 33.1 Å². The molecule has 258 valence electrons. The number of anilines is 3. The van der Waals surface area contributed by atoms with Crippen molar-refractivity contribution >= 4 is 71.5 Å². The first-order chi connectivity index (χ1) is 27.3. The number of hydrogen-bond acceptors (Lipinski definition) is 3. The molecule has 9 aromatic carbocycles. The van der Waals surface area contributed by atoms with Crippen LogP contribution in [0.4, 0.5) is 17.1 Å². The second-order valence-corrected chi connectivity index (χ2v) is 13.9. The summed E-state index contributed by atoms with van der Waals surface area (Å²) in [4.78, 5) is 7.38. The zero-order valence-corrected chi connectivity index (χ0v) is 29.8. The SMILES string of the molecule is c1ccc(-c2nc3cccc(N(c4cccc(-c5cccc6ccccc56)c4)c4cc5c(c6ccccc46)c4ccccc4n5-c4ccccc4)c3o2)cc1. The number of aromatic nitrogens is 2. The van der Waals surface area contributed by atoms with E-state index in [1.807, 2.05) is 36.4 Å². The van der Waals surface area contributed by atoms with Gasteiger partial charge in [-0.25, -0.2) is 4.98 Å². The summed E-state index contributed by atoms with van der Waals surface area (Å²) < 4.78 is 9.16. The monoisotopic (exact) mass is 703 g/mol. The van der Waals surface area contributed by atoms with Gasteiger partial charge < -0.3 is 13.9 Å². The molecule has 2 heterocycles. The van der Waals surface area contributed by atoms with Crippen molar-refractivity contribution in [1.82, 2.24) is 9.55 Å². The van der Waals surface area contributed by atoms with Gasteiger partial charge in [0.1, 0.15) is 5.52 Å². The third-order valence-corrected chi connectivity index (χ3v) is 10.8. The molecule has 0 spiro atoms. The van der Waals surface area contributed by atoms with Gasteiger partial charge in [0.2, 0.25) is 5.89 Å². The van der Waals surface area contributed by atoms with Gasteiger partial charge in [0.15, 0.2) is 5.58 Å². The maximum atomic E-state index is 6.76. The Bertz CT molecular complexity index is 3210. The fraction of sp³-hybridized carbons (Fsp3) is 0. The van der Waals surface area contributed by atoms with Gasteiger partial charge in [-0.1, -0.05) is 140 Å². The van der Waals surface area contributed by atoms with Crippen LogP contribution < -0.4 is 4.90 Å². The van der Waals surface area contributed by atoms with Gasteiger partial charge in [0.05, 0.1) is 22.4 Å². The number of hydrogen-bond donors (Lipinski definition) is 0. The fourth-order valence-electron chi connectivity index (χ4n) is 8.36. The quantitative estimate of drug-likeness (QED) is 0.173. The lowest BCUT2D eigenvalue weighted by molar-refractivity contribution is 0.620. The largest absolute Gasteiger partial charge is 0.434 e. The summed E-state index contributed by atoms with van der Waals surface area (Å²) in [7, 11) is 0. The van der Waals surface area contributed by atoms with E-state index in [2.05, 4.69) is 173 Å². The molecule has 0 aliphatic carbocycles. The van der Waals surface area contributed by atoms with Crippen LogP contribution in [0.25, 0.3) is 82.7 Å². The van der Waals surface area contributed by atoms with Crippen LogP contribution >= 0.6 is 0 Å². The molecule has 0 aliphatic heterocycles. The van der Waals surface area contributed by atoms with Crippen LogP contribution in [0, 0.1) is 0 Å². The molecule has 0 amide bonds. The van der Waals surface area contributed by atoms with E-state index < -0.39 is 0 Å². The normalized spacial score (nSPS) is 11.6. The zero-order valence-electron chi connectivity index (χ0n) is 29.8. The molecule has 2 aromatic heterocycles. The standard InChI is InChI=1S/C51H33N3O/c1-3-17-35(18-4-1)51-52-44-29-15-31-46(50(44)55-51)54(38-23-13-20-36(32-38)40-28-14-19-34-16-7-8-24-39(34)40)47-33-48-49(42-26-10-9-25-41(42)47)43-27-11-12-30-45(43)53(48)37-21-5-2-6-22-37/h1-33H. The smallest absolute Gasteiger partial charge is 0.227 e. The molecule has 11 aromatic rings. The van der Waals surface area contributed by atoms with E-state index in [-0.39, 0.29) is 0 Å². The van der Waals surface area contributed by atoms with Crippen molar-refractivity contribution in [2.75, 3.05) is 4.90 Å². The van der Waals surface area contributed by atoms with E-state index >= 15 is 0 Å². The number of nitrogens with zero attached hydrogens (tertiary/aromatic N) is 3. The lowest BCUT2D eigenvalue weighted by Crippen LogP contribution is -2.11. The van der Waals surface area contributed by atoms with Crippen molar-refractivity contribution in [3.8, 4) is 28.3 Å². The lowest BCUT2D eigenvalue weighted by Gasteiger charge is -2.28. The summed E-state index contributed by atoms with van der Waals surface area (Å²) in [6.07, 6.45) is 0. The minimum absolute atomic E-state index is 0.594. The average molecular weight is 704 g/mol. The highest BCUT2D eigenvalue weighted by Crippen LogP contribution is 2.48. The van der Waals surface area contributed by atoms with Crippen molar-refractivity contribution < 1.29 is 4.42 Å². The molecule has 0 aliphatic rings. The highest BCUT2D eigenvalue weighted by atomic mass is 16.3. The Morgan fingerprint density at radius 2 is 1.11 bits per heavy atom. The van der Waals surface area contributed by atoms with Crippen LogP contribution in [0.15, 0.2) is 205 Å². The van der Waals surface area contributed by atoms with Gasteiger partial charge in [-0.05, 0) is 87.9 Å². The Balaban J connectivity index is 1.24. The van der Waals surface area contributed by atoms with Gasteiger partial charge >= 0.3 is 0 Å². The number of rotatable bonds is 6. The molecule has 0 atom stereocenters. The Hall–Kier alpha value is -7.43. The predicted molar refractivity (Wildman–Crippen MR) is 229 cm³/mol. The summed E-state index contributed by atoms with van der Waals surface area (Å²) in [6, 6.07) is 71.0. The van der Waals surface area contributed by atoms with E-state index in [9.17, 15) is 0 Å². The van der Waals surface area contributed by atoms with Gasteiger partial charge in [0.25, 0.3) is 0 Å². The average Bonchev–Trinajstić information content (AvgIpc) is 3.85. The topological polar surface area (TPSA) is 34.2 Å². The van der Waals surface area contributed by atoms with Crippen molar-refractivity contribution in [2.24, 2.45) is 0 Å². The molecule has 0 N–H and O–H groups in total. The zero-order chi connectivity index (χ0) is 36.3. The molecule has 0 fully saturated rings. The van der Waals surface area contributed by atoms with E-state index in [1.165, 1.54) is 38.0 Å². The van der Waals surface area contributed by atoms with Gasteiger partial charge in [-0.15, -0.1) is 0 Å². The van der Waals surface area contributed by atoms with Crippen LogP contribution in [0.2, 0.25) is 0 Å². The van der Waals surface area contributed by atoms with Crippen molar-refractivity contribution in [1.29, 1.82) is 0 Å². The molecule has 0 saturated heterocycles. The summed E-state index contributed by atoms with van der Waals surface area (Å²) in [5, 5.41) is 7.21. The maximum absolute atomic E-state index is 6.76. The van der Waals surface area contributed by atoms with Gasteiger partial charge in [-0.2, -0.15) is 0 Å². The molecule has 11 rings (SSSR count). The Morgan fingerprint density at radius 3 is 1.96 bits per heavy atom. The summed E-state index contributed by atoms with van der Waals surface area (Å²) in [5.41, 5.74) is 11.2. The number of benzene rings is 9. The minimum atomic E-state index is 0.594. The number of para-hydroxylation sites is 3. The maximum Gasteiger partial charge on any atom is 0.227 e. The van der Waals surface area contributed by atoms with Crippen LogP contribution in [0.3, 0.4) is 0 Å². The first kappa shape index (κ1) is 31.1. The highest BCUT2D eigenvalue weighted by molar-refractivity contribution is 6.25. The second kappa shape index (κ2) is 12.6. The molecule has 55 heavy (non-hydrogen) atoms. The van der Waals surface area contributed by atoms with Crippen molar-refractivity contribution in [2.45, 2.75) is 0 Å².